The Balaban J connectivity index is 1.76. The minimum Gasteiger partial charge on any atom is -0.393 e. The molecule has 136 valence electrons. The summed E-state index contributed by atoms with van der Waals surface area (Å²) in [5.41, 5.74) is 0.441. The molecule has 6 atom stereocenters. The number of amides is 2. The van der Waals surface area contributed by atoms with Crippen LogP contribution in [0.15, 0.2) is 11.6 Å². The van der Waals surface area contributed by atoms with Crippen LogP contribution in [0.2, 0.25) is 0 Å². The van der Waals surface area contributed by atoms with Crippen molar-refractivity contribution in [2.24, 2.45) is 23.2 Å². The van der Waals surface area contributed by atoms with E-state index >= 15 is 0 Å². The van der Waals surface area contributed by atoms with Crippen molar-refractivity contribution in [1.29, 1.82) is 0 Å². The second-order valence-electron chi connectivity index (χ2n) is 8.97. The fourth-order valence-corrected chi connectivity index (χ4v) is 6.74. The van der Waals surface area contributed by atoms with Crippen molar-refractivity contribution >= 4 is 17.6 Å². The standard InChI is InChI=1S/C20H27NO4/c1-11(22)21-17(25)9-15-14-5-4-12-8-13(23)6-7-19(12,2)18(14)16(24)10-20(15,21)3/h8,14-16,18,24H,4-7,9-10H2,1-3H3/t14?,15?,16-,18?,19-,20-/m0/s1. The van der Waals surface area contributed by atoms with Crippen molar-refractivity contribution in [3.05, 3.63) is 11.6 Å². The molecule has 0 radical (unpaired) electrons. The van der Waals surface area contributed by atoms with E-state index in [1.54, 1.807) is 0 Å². The Morgan fingerprint density at radius 1 is 1.28 bits per heavy atom. The van der Waals surface area contributed by atoms with Crippen LogP contribution >= 0.6 is 0 Å². The molecule has 1 heterocycles. The van der Waals surface area contributed by atoms with Crippen LogP contribution in [0.3, 0.4) is 0 Å². The first-order valence-corrected chi connectivity index (χ1v) is 9.44. The van der Waals surface area contributed by atoms with E-state index in [4.69, 9.17) is 0 Å². The third kappa shape index (κ3) is 2.14. The van der Waals surface area contributed by atoms with Crippen molar-refractivity contribution < 1.29 is 19.5 Å². The number of likely N-dealkylation sites (tertiary alicyclic amines) is 1. The van der Waals surface area contributed by atoms with Gasteiger partial charge in [-0.25, -0.2) is 0 Å². The lowest BCUT2D eigenvalue weighted by molar-refractivity contribution is -0.154. The number of hydrogen-bond donors (Lipinski definition) is 1. The van der Waals surface area contributed by atoms with Crippen LogP contribution in [0.25, 0.3) is 0 Å². The predicted octanol–water partition coefficient (Wildman–Crippen LogP) is 2.23. The van der Waals surface area contributed by atoms with Crippen LogP contribution in [-0.2, 0) is 14.4 Å². The van der Waals surface area contributed by atoms with E-state index in [1.807, 2.05) is 13.0 Å². The van der Waals surface area contributed by atoms with Crippen molar-refractivity contribution in [2.75, 3.05) is 0 Å². The Bertz CT molecular complexity index is 698. The molecular weight excluding hydrogens is 318 g/mol. The van der Waals surface area contributed by atoms with Gasteiger partial charge in [-0.2, -0.15) is 0 Å². The molecular formula is C20H27NO4. The molecule has 1 N–H and O–H groups in total. The van der Waals surface area contributed by atoms with Crippen LogP contribution < -0.4 is 0 Å². The van der Waals surface area contributed by atoms with Crippen LogP contribution in [-0.4, -0.2) is 39.2 Å². The summed E-state index contributed by atoms with van der Waals surface area (Å²) >= 11 is 0. The third-order valence-corrected chi connectivity index (χ3v) is 7.73. The van der Waals surface area contributed by atoms with Crippen LogP contribution in [0.1, 0.15) is 59.3 Å². The molecule has 4 aliphatic rings. The number of allylic oxidation sites excluding steroid dienone is 2. The predicted molar refractivity (Wildman–Crippen MR) is 91.3 cm³/mol. The number of hydrogen-bond acceptors (Lipinski definition) is 4. The quantitative estimate of drug-likeness (QED) is 0.730. The average Bonchev–Trinajstić information content (AvgIpc) is 2.77. The van der Waals surface area contributed by atoms with Gasteiger partial charge in [0.1, 0.15) is 0 Å². The molecule has 3 fully saturated rings. The number of imide groups is 1. The zero-order valence-corrected chi connectivity index (χ0v) is 15.2. The molecule has 0 aromatic carbocycles. The zero-order valence-electron chi connectivity index (χ0n) is 15.2. The van der Waals surface area contributed by atoms with E-state index < -0.39 is 11.6 Å². The summed E-state index contributed by atoms with van der Waals surface area (Å²) in [5, 5.41) is 11.1. The number of aliphatic hydroxyl groups excluding tert-OH is 1. The normalized spacial score (nSPS) is 46.2. The van der Waals surface area contributed by atoms with E-state index in [2.05, 4.69) is 6.92 Å². The first-order chi connectivity index (χ1) is 11.7. The second kappa shape index (κ2) is 5.26. The monoisotopic (exact) mass is 345 g/mol. The number of fused-ring (bicyclic) bond motifs is 5. The van der Waals surface area contributed by atoms with Gasteiger partial charge in [-0.15, -0.1) is 0 Å². The van der Waals surface area contributed by atoms with E-state index in [1.165, 1.54) is 17.4 Å². The van der Waals surface area contributed by atoms with E-state index in [9.17, 15) is 19.5 Å². The minimum atomic E-state index is -0.578. The summed E-state index contributed by atoms with van der Waals surface area (Å²) in [5.74, 6) is 0.272. The SMILES string of the molecule is CC(=O)N1C(=O)CC2C3CCC4=CC(=O)CC[C@]4(C)C3[C@@H](O)C[C@@]21C. The highest BCUT2D eigenvalue weighted by Gasteiger charge is 2.64. The van der Waals surface area contributed by atoms with Crippen molar-refractivity contribution in [3.63, 3.8) is 0 Å². The minimum absolute atomic E-state index is 0.0679. The molecule has 0 aromatic heterocycles. The Labute approximate surface area is 148 Å². The molecule has 2 saturated carbocycles. The molecule has 3 unspecified atom stereocenters. The molecule has 5 heteroatoms. The molecule has 1 aliphatic heterocycles. The van der Waals surface area contributed by atoms with Crippen LogP contribution in [0.5, 0.6) is 0 Å². The van der Waals surface area contributed by atoms with Gasteiger partial charge in [-0.05, 0) is 61.9 Å². The first-order valence-electron chi connectivity index (χ1n) is 9.44. The summed E-state index contributed by atoms with van der Waals surface area (Å²) in [7, 11) is 0. The highest BCUT2D eigenvalue weighted by atomic mass is 16.3. The van der Waals surface area contributed by atoms with Gasteiger partial charge in [-0.3, -0.25) is 19.3 Å². The summed E-state index contributed by atoms with van der Waals surface area (Å²) in [4.78, 5) is 37.9. The fourth-order valence-electron chi connectivity index (χ4n) is 6.74. The molecule has 5 nitrogen and oxygen atoms in total. The molecule has 3 aliphatic carbocycles. The summed E-state index contributed by atoms with van der Waals surface area (Å²) in [6.07, 6.45) is 5.16. The number of ketones is 1. The van der Waals surface area contributed by atoms with Gasteiger partial charge >= 0.3 is 0 Å². The Morgan fingerprint density at radius 3 is 2.68 bits per heavy atom. The van der Waals surface area contributed by atoms with E-state index in [0.717, 1.165) is 19.3 Å². The number of nitrogens with zero attached hydrogens (tertiary/aromatic N) is 1. The lowest BCUT2D eigenvalue weighted by Gasteiger charge is -2.59. The van der Waals surface area contributed by atoms with Gasteiger partial charge in [0.2, 0.25) is 11.8 Å². The van der Waals surface area contributed by atoms with Gasteiger partial charge in [0.05, 0.1) is 11.6 Å². The maximum atomic E-state index is 12.5. The highest BCUT2D eigenvalue weighted by molar-refractivity contribution is 5.97. The van der Waals surface area contributed by atoms with E-state index in [0.29, 0.717) is 19.3 Å². The molecule has 2 amide bonds. The number of carbonyl (C=O) groups is 3. The van der Waals surface area contributed by atoms with Crippen molar-refractivity contribution in [2.45, 2.75) is 70.9 Å². The molecule has 0 bridgehead atoms. The van der Waals surface area contributed by atoms with Crippen LogP contribution in [0, 0.1) is 23.2 Å². The first kappa shape index (κ1) is 17.0. The van der Waals surface area contributed by atoms with Gasteiger partial charge in [0.25, 0.3) is 0 Å². The topological polar surface area (TPSA) is 74.7 Å². The van der Waals surface area contributed by atoms with Crippen LogP contribution in [0.4, 0.5) is 0 Å². The third-order valence-electron chi connectivity index (χ3n) is 7.73. The second-order valence-corrected chi connectivity index (χ2v) is 8.97. The molecule has 0 spiro atoms. The Hall–Kier alpha value is -1.49. The molecule has 0 aromatic rings. The van der Waals surface area contributed by atoms with Gasteiger partial charge in [-0.1, -0.05) is 12.5 Å². The summed E-state index contributed by atoms with van der Waals surface area (Å²) < 4.78 is 0. The number of carbonyl (C=O) groups excluding carboxylic acids is 3. The van der Waals surface area contributed by atoms with Crippen molar-refractivity contribution in [1.82, 2.24) is 4.90 Å². The molecule has 25 heavy (non-hydrogen) atoms. The van der Waals surface area contributed by atoms with E-state index in [-0.39, 0.29) is 40.8 Å². The maximum absolute atomic E-state index is 12.5. The Kier molecular flexibility index (Phi) is 3.56. The average molecular weight is 345 g/mol. The summed E-state index contributed by atoms with van der Waals surface area (Å²) in [6, 6.07) is 0. The number of rotatable bonds is 0. The maximum Gasteiger partial charge on any atom is 0.230 e. The van der Waals surface area contributed by atoms with Crippen molar-refractivity contribution in [3.8, 4) is 0 Å². The highest BCUT2D eigenvalue weighted by Crippen LogP contribution is 2.62. The largest absolute Gasteiger partial charge is 0.393 e. The van der Waals surface area contributed by atoms with Gasteiger partial charge < -0.3 is 5.11 Å². The zero-order chi connectivity index (χ0) is 18.1. The van der Waals surface area contributed by atoms with Gasteiger partial charge in [0.15, 0.2) is 5.78 Å². The smallest absolute Gasteiger partial charge is 0.230 e. The summed E-state index contributed by atoms with van der Waals surface area (Å²) in [6.45, 7) is 5.61. The lowest BCUT2D eigenvalue weighted by atomic mass is 9.47. The van der Waals surface area contributed by atoms with Gasteiger partial charge in [0, 0.05) is 19.8 Å². The number of aliphatic hydroxyl groups is 1. The molecule has 1 saturated heterocycles. The lowest BCUT2D eigenvalue weighted by Crippen LogP contribution is -2.62. The Morgan fingerprint density at radius 2 is 2.00 bits per heavy atom. The molecule has 4 rings (SSSR count). The fraction of sp³-hybridized carbons (Fsp3) is 0.750.